The number of thiophene rings is 1. The SMILES string of the molecule is CC1(C)Cc2c(sc3ncn4nc(CN5CCCCC5)nc4c23)CO1. The molecule has 0 saturated carbocycles. The molecule has 1 fully saturated rings. The second kappa shape index (κ2) is 5.72. The van der Waals surface area contributed by atoms with E-state index in [1.54, 1.807) is 17.7 Å². The lowest BCUT2D eigenvalue weighted by Gasteiger charge is -2.30. The van der Waals surface area contributed by atoms with Crippen molar-refractivity contribution in [2.75, 3.05) is 13.1 Å². The number of hydrogen-bond acceptors (Lipinski definition) is 6. The first kappa shape index (κ1) is 15.7. The molecule has 0 spiro atoms. The summed E-state index contributed by atoms with van der Waals surface area (Å²) in [7, 11) is 0. The van der Waals surface area contributed by atoms with E-state index in [1.165, 1.54) is 35.1 Å². The molecule has 2 aliphatic heterocycles. The van der Waals surface area contributed by atoms with Gasteiger partial charge in [-0.1, -0.05) is 6.42 Å². The van der Waals surface area contributed by atoms with Crippen LogP contribution >= 0.6 is 11.3 Å². The molecule has 3 aromatic rings. The summed E-state index contributed by atoms with van der Waals surface area (Å²) in [4.78, 5) is 14.3. The van der Waals surface area contributed by atoms with E-state index in [9.17, 15) is 0 Å². The molecule has 1 saturated heterocycles. The summed E-state index contributed by atoms with van der Waals surface area (Å²) < 4.78 is 7.83. The van der Waals surface area contributed by atoms with Crippen LogP contribution in [0.5, 0.6) is 0 Å². The van der Waals surface area contributed by atoms with Crippen molar-refractivity contribution in [1.29, 1.82) is 0 Å². The molecular formula is C18H23N5OS. The third-order valence-corrected chi connectivity index (χ3v) is 6.38. The lowest BCUT2D eigenvalue weighted by Crippen LogP contribution is -2.31. The number of hydrogen-bond donors (Lipinski definition) is 0. The molecule has 0 N–H and O–H groups in total. The zero-order chi connectivity index (χ0) is 17.0. The van der Waals surface area contributed by atoms with Crippen molar-refractivity contribution in [3.05, 3.63) is 22.6 Å². The Morgan fingerprint density at radius 2 is 2.08 bits per heavy atom. The van der Waals surface area contributed by atoms with Crippen LogP contribution in [0.3, 0.4) is 0 Å². The highest BCUT2D eigenvalue weighted by atomic mass is 32.1. The molecule has 3 aromatic heterocycles. The van der Waals surface area contributed by atoms with Crippen LogP contribution in [0.25, 0.3) is 15.9 Å². The van der Waals surface area contributed by atoms with Gasteiger partial charge in [0.2, 0.25) is 0 Å². The van der Waals surface area contributed by atoms with E-state index in [-0.39, 0.29) is 5.60 Å². The van der Waals surface area contributed by atoms with Crippen molar-refractivity contribution >= 4 is 27.2 Å². The van der Waals surface area contributed by atoms with E-state index >= 15 is 0 Å². The maximum atomic E-state index is 5.97. The molecule has 6 nitrogen and oxygen atoms in total. The fourth-order valence-electron chi connectivity index (χ4n) is 3.97. The van der Waals surface area contributed by atoms with E-state index in [2.05, 4.69) is 23.7 Å². The van der Waals surface area contributed by atoms with E-state index in [0.717, 1.165) is 42.4 Å². The molecule has 0 atom stereocenters. The fourth-order valence-corrected chi connectivity index (χ4v) is 5.04. The maximum Gasteiger partial charge on any atom is 0.168 e. The van der Waals surface area contributed by atoms with Gasteiger partial charge in [-0.05, 0) is 45.3 Å². The summed E-state index contributed by atoms with van der Waals surface area (Å²) in [6, 6.07) is 0. The number of ether oxygens (including phenoxy) is 1. The second-order valence-electron chi connectivity index (χ2n) is 7.79. The Labute approximate surface area is 150 Å². The number of piperidine rings is 1. The minimum absolute atomic E-state index is 0.134. The minimum Gasteiger partial charge on any atom is -0.370 e. The summed E-state index contributed by atoms with van der Waals surface area (Å²) in [5.41, 5.74) is 2.17. The van der Waals surface area contributed by atoms with Gasteiger partial charge in [-0.3, -0.25) is 4.90 Å². The molecular weight excluding hydrogens is 334 g/mol. The van der Waals surface area contributed by atoms with Crippen LogP contribution in [-0.2, 0) is 24.3 Å². The molecule has 0 aliphatic carbocycles. The van der Waals surface area contributed by atoms with Gasteiger partial charge in [0, 0.05) is 11.3 Å². The van der Waals surface area contributed by atoms with Crippen molar-refractivity contribution in [3.63, 3.8) is 0 Å². The van der Waals surface area contributed by atoms with Gasteiger partial charge in [0.1, 0.15) is 11.2 Å². The first-order chi connectivity index (χ1) is 12.1. The van der Waals surface area contributed by atoms with Crippen LogP contribution in [-0.4, -0.2) is 43.2 Å². The summed E-state index contributed by atoms with van der Waals surface area (Å²) in [6.07, 6.45) is 6.62. The average Bonchev–Trinajstić information content (AvgIpc) is 3.14. The third-order valence-electron chi connectivity index (χ3n) is 5.27. The third kappa shape index (κ3) is 2.74. The highest BCUT2D eigenvalue weighted by Crippen LogP contribution is 2.39. The van der Waals surface area contributed by atoms with Crippen LogP contribution < -0.4 is 0 Å². The van der Waals surface area contributed by atoms with E-state index < -0.39 is 0 Å². The van der Waals surface area contributed by atoms with Gasteiger partial charge in [0.25, 0.3) is 0 Å². The van der Waals surface area contributed by atoms with Crippen molar-refractivity contribution in [2.24, 2.45) is 0 Å². The van der Waals surface area contributed by atoms with Crippen molar-refractivity contribution < 1.29 is 4.74 Å². The quantitative estimate of drug-likeness (QED) is 0.705. The van der Waals surface area contributed by atoms with Gasteiger partial charge in [0.15, 0.2) is 11.5 Å². The van der Waals surface area contributed by atoms with Gasteiger partial charge in [-0.2, -0.15) is 0 Å². The van der Waals surface area contributed by atoms with Crippen LogP contribution in [0, 0.1) is 0 Å². The van der Waals surface area contributed by atoms with Gasteiger partial charge in [-0.25, -0.2) is 14.5 Å². The summed E-state index contributed by atoms with van der Waals surface area (Å²) in [5.74, 6) is 0.905. The zero-order valence-corrected chi connectivity index (χ0v) is 15.6. The Kier molecular flexibility index (Phi) is 3.59. The molecule has 0 radical (unpaired) electrons. The Balaban J connectivity index is 1.58. The molecule has 0 unspecified atom stereocenters. The van der Waals surface area contributed by atoms with Crippen LogP contribution in [0.4, 0.5) is 0 Å². The highest BCUT2D eigenvalue weighted by Gasteiger charge is 2.30. The Morgan fingerprint density at radius 1 is 1.24 bits per heavy atom. The van der Waals surface area contributed by atoms with Crippen molar-refractivity contribution in [1.82, 2.24) is 24.5 Å². The standard InChI is InChI=1S/C18H23N5OS/c1-18(2)8-12-13(10-24-18)25-17-15(12)16-20-14(21-23(16)11-19-17)9-22-6-4-3-5-7-22/h11H,3-10H2,1-2H3. The average molecular weight is 357 g/mol. The molecule has 132 valence electrons. The van der Waals surface area contributed by atoms with Crippen LogP contribution in [0.1, 0.15) is 49.4 Å². The van der Waals surface area contributed by atoms with Gasteiger partial charge in [-0.15, -0.1) is 16.4 Å². The van der Waals surface area contributed by atoms with Crippen LogP contribution in [0.2, 0.25) is 0 Å². The number of rotatable bonds is 2. The second-order valence-corrected chi connectivity index (χ2v) is 8.87. The lowest BCUT2D eigenvalue weighted by molar-refractivity contribution is -0.0379. The molecule has 0 amide bonds. The number of fused-ring (bicyclic) bond motifs is 5. The molecule has 7 heteroatoms. The Bertz CT molecular complexity index is 938. The summed E-state index contributed by atoms with van der Waals surface area (Å²) >= 11 is 1.73. The van der Waals surface area contributed by atoms with E-state index in [1.807, 2.05) is 4.52 Å². The number of aromatic nitrogens is 4. The normalized spacial score (nSPS) is 21.0. The van der Waals surface area contributed by atoms with Crippen molar-refractivity contribution in [3.8, 4) is 0 Å². The van der Waals surface area contributed by atoms with Gasteiger partial charge in [0.05, 0.1) is 24.1 Å². The molecule has 25 heavy (non-hydrogen) atoms. The predicted octanol–water partition coefficient (Wildman–Crippen LogP) is 3.18. The minimum atomic E-state index is -0.134. The molecule has 2 aliphatic rings. The predicted molar refractivity (Wildman–Crippen MR) is 97.9 cm³/mol. The largest absolute Gasteiger partial charge is 0.370 e. The number of likely N-dealkylation sites (tertiary alicyclic amines) is 1. The summed E-state index contributed by atoms with van der Waals surface area (Å²) in [6.45, 7) is 8.12. The van der Waals surface area contributed by atoms with Gasteiger partial charge < -0.3 is 4.74 Å². The van der Waals surface area contributed by atoms with E-state index in [0.29, 0.717) is 6.61 Å². The number of nitrogens with zero attached hydrogens (tertiary/aromatic N) is 5. The molecule has 0 bridgehead atoms. The zero-order valence-electron chi connectivity index (χ0n) is 14.8. The Morgan fingerprint density at radius 3 is 2.92 bits per heavy atom. The topological polar surface area (TPSA) is 55.5 Å². The highest BCUT2D eigenvalue weighted by molar-refractivity contribution is 7.19. The molecule has 0 aromatic carbocycles. The van der Waals surface area contributed by atoms with Gasteiger partial charge >= 0.3 is 0 Å². The fraction of sp³-hybridized carbons (Fsp3) is 0.611. The molecule has 5 rings (SSSR count). The lowest BCUT2D eigenvalue weighted by atomic mass is 9.94. The first-order valence-corrected chi connectivity index (χ1v) is 9.91. The Hall–Kier alpha value is -1.57. The van der Waals surface area contributed by atoms with Crippen molar-refractivity contribution in [2.45, 2.75) is 58.3 Å². The molecule has 5 heterocycles. The smallest absolute Gasteiger partial charge is 0.168 e. The first-order valence-electron chi connectivity index (χ1n) is 9.10. The van der Waals surface area contributed by atoms with Crippen LogP contribution in [0.15, 0.2) is 6.33 Å². The summed E-state index contributed by atoms with van der Waals surface area (Å²) in [5, 5.41) is 5.87. The van der Waals surface area contributed by atoms with E-state index in [4.69, 9.17) is 14.8 Å². The monoisotopic (exact) mass is 357 g/mol. The maximum absolute atomic E-state index is 5.97.